The number of benzene rings is 1. The van der Waals surface area contributed by atoms with E-state index in [1.54, 1.807) is 6.07 Å². The number of nitrogens with two attached hydrogens (primary N) is 1. The lowest BCUT2D eigenvalue weighted by molar-refractivity contribution is -0.128. The molecule has 4 N–H and O–H groups in total. The van der Waals surface area contributed by atoms with Gasteiger partial charge in [-0.25, -0.2) is 5.84 Å². The molecule has 1 aliphatic rings. The fraction of sp³-hybridized carbons (Fsp3) is 0.200. The molecule has 1 aliphatic heterocycles. The van der Waals surface area contributed by atoms with Crippen LogP contribution < -0.4 is 16.6 Å². The first-order valence-electron chi connectivity index (χ1n) is 4.56. The predicted octanol–water partition coefficient (Wildman–Crippen LogP) is 0.0206. The van der Waals surface area contributed by atoms with Crippen molar-refractivity contribution in [2.75, 3.05) is 5.32 Å². The number of aryl methyl sites for hydroxylation is 1. The summed E-state index contributed by atoms with van der Waals surface area (Å²) in [6.45, 7) is 1.86. The second-order valence-corrected chi connectivity index (χ2v) is 3.47. The standard InChI is InChI=1S/C10H11N3O2/c1-5-3-2-4-6-7(5)8(9(14)12-6)10(15)13-11/h2-4,8H,11H2,1H3,(H,12,14)(H,13,15). The van der Waals surface area contributed by atoms with Crippen LogP contribution in [0.1, 0.15) is 17.0 Å². The molecule has 2 amide bonds. The van der Waals surface area contributed by atoms with Crippen molar-refractivity contribution in [1.82, 2.24) is 5.43 Å². The van der Waals surface area contributed by atoms with Crippen LogP contribution in [0.2, 0.25) is 0 Å². The van der Waals surface area contributed by atoms with Crippen LogP contribution in [0.5, 0.6) is 0 Å². The van der Waals surface area contributed by atoms with Crippen molar-refractivity contribution in [3.05, 3.63) is 29.3 Å². The molecule has 2 rings (SSSR count). The van der Waals surface area contributed by atoms with E-state index in [9.17, 15) is 9.59 Å². The summed E-state index contributed by atoms with van der Waals surface area (Å²) in [4.78, 5) is 23.0. The van der Waals surface area contributed by atoms with Crippen molar-refractivity contribution < 1.29 is 9.59 Å². The van der Waals surface area contributed by atoms with E-state index in [0.717, 1.165) is 5.56 Å². The monoisotopic (exact) mass is 205 g/mol. The molecule has 0 radical (unpaired) electrons. The molecule has 0 aromatic heterocycles. The summed E-state index contributed by atoms with van der Waals surface area (Å²) in [5.41, 5.74) is 4.31. The third-order valence-electron chi connectivity index (χ3n) is 2.54. The van der Waals surface area contributed by atoms with Gasteiger partial charge in [-0.2, -0.15) is 0 Å². The molecule has 0 fully saturated rings. The first-order valence-corrected chi connectivity index (χ1v) is 4.56. The summed E-state index contributed by atoms with van der Waals surface area (Å²) in [5.74, 6) is 3.40. The largest absolute Gasteiger partial charge is 0.325 e. The molecule has 0 spiro atoms. The second-order valence-electron chi connectivity index (χ2n) is 3.47. The number of hydrogen-bond acceptors (Lipinski definition) is 3. The highest BCUT2D eigenvalue weighted by atomic mass is 16.2. The molecule has 1 aromatic carbocycles. The highest BCUT2D eigenvalue weighted by Gasteiger charge is 2.36. The number of carbonyl (C=O) groups is 2. The molecule has 1 heterocycles. The van der Waals surface area contributed by atoms with E-state index >= 15 is 0 Å². The van der Waals surface area contributed by atoms with Crippen molar-refractivity contribution in [2.24, 2.45) is 5.84 Å². The third kappa shape index (κ3) is 1.37. The summed E-state index contributed by atoms with van der Waals surface area (Å²) in [6, 6.07) is 5.46. The van der Waals surface area contributed by atoms with Gasteiger partial charge in [-0.05, 0) is 18.6 Å². The molecule has 0 bridgehead atoms. The lowest BCUT2D eigenvalue weighted by Gasteiger charge is -2.08. The Morgan fingerprint density at radius 2 is 2.27 bits per heavy atom. The minimum atomic E-state index is -0.828. The third-order valence-corrected chi connectivity index (χ3v) is 2.54. The van der Waals surface area contributed by atoms with Crippen molar-refractivity contribution in [3.63, 3.8) is 0 Å². The van der Waals surface area contributed by atoms with Gasteiger partial charge in [0.15, 0.2) is 0 Å². The quantitative estimate of drug-likeness (QED) is 0.261. The Hall–Kier alpha value is -1.88. The smallest absolute Gasteiger partial charge is 0.251 e. The zero-order valence-electron chi connectivity index (χ0n) is 8.20. The first kappa shape index (κ1) is 9.67. The van der Waals surface area contributed by atoms with Gasteiger partial charge < -0.3 is 5.32 Å². The van der Waals surface area contributed by atoms with Crippen LogP contribution in [0.3, 0.4) is 0 Å². The molecule has 0 saturated heterocycles. The predicted molar refractivity (Wildman–Crippen MR) is 54.9 cm³/mol. The molecule has 15 heavy (non-hydrogen) atoms. The van der Waals surface area contributed by atoms with E-state index in [-0.39, 0.29) is 5.91 Å². The summed E-state index contributed by atoms with van der Waals surface area (Å²) in [6.07, 6.45) is 0. The number of hydrogen-bond donors (Lipinski definition) is 3. The van der Waals surface area contributed by atoms with Gasteiger partial charge in [-0.1, -0.05) is 12.1 Å². The highest BCUT2D eigenvalue weighted by Crippen LogP contribution is 2.34. The van der Waals surface area contributed by atoms with Crippen molar-refractivity contribution >= 4 is 17.5 Å². The van der Waals surface area contributed by atoms with E-state index in [1.165, 1.54) is 0 Å². The van der Waals surface area contributed by atoms with Gasteiger partial charge >= 0.3 is 0 Å². The van der Waals surface area contributed by atoms with Crippen LogP contribution in [0.25, 0.3) is 0 Å². The van der Waals surface area contributed by atoms with Crippen molar-refractivity contribution in [2.45, 2.75) is 12.8 Å². The molecule has 1 atom stereocenters. The van der Waals surface area contributed by atoms with Crippen LogP contribution in [0.4, 0.5) is 5.69 Å². The average Bonchev–Trinajstić information content (AvgIpc) is 2.55. The fourth-order valence-corrected chi connectivity index (χ4v) is 1.84. The number of rotatable bonds is 1. The SMILES string of the molecule is Cc1cccc2c1C(C(=O)NN)C(=O)N2. The van der Waals surface area contributed by atoms with Gasteiger partial charge in [0, 0.05) is 11.3 Å². The maximum Gasteiger partial charge on any atom is 0.251 e. The Morgan fingerprint density at radius 1 is 1.53 bits per heavy atom. The molecule has 1 aromatic rings. The number of nitrogens with one attached hydrogen (secondary N) is 2. The summed E-state index contributed by atoms with van der Waals surface area (Å²) in [7, 11) is 0. The van der Waals surface area contributed by atoms with E-state index in [2.05, 4.69) is 5.32 Å². The second kappa shape index (κ2) is 3.36. The van der Waals surface area contributed by atoms with Gasteiger partial charge in [-0.3, -0.25) is 15.0 Å². The Bertz CT molecular complexity index is 434. The maximum absolute atomic E-state index is 11.6. The molecular weight excluding hydrogens is 194 g/mol. The zero-order valence-corrected chi connectivity index (χ0v) is 8.20. The van der Waals surface area contributed by atoms with Crippen LogP contribution in [-0.2, 0) is 9.59 Å². The molecule has 5 nitrogen and oxygen atoms in total. The van der Waals surface area contributed by atoms with Crippen LogP contribution >= 0.6 is 0 Å². The van der Waals surface area contributed by atoms with Gasteiger partial charge in [0.1, 0.15) is 5.92 Å². The number of anilines is 1. The van der Waals surface area contributed by atoms with E-state index < -0.39 is 11.8 Å². The summed E-state index contributed by atoms with van der Waals surface area (Å²) in [5, 5.41) is 2.65. The highest BCUT2D eigenvalue weighted by molar-refractivity contribution is 6.16. The lowest BCUT2D eigenvalue weighted by Crippen LogP contribution is -2.37. The Kier molecular flexibility index (Phi) is 2.17. The van der Waals surface area contributed by atoms with Crippen LogP contribution in [0, 0.1) is 6.92 Å². The Labute approximate surface area is 86.6 Å². The number of hydrazine groups is 1. The summed E-state index contributed by atoms with van der Waals surface area (Å²) < 4.78 is 0. The van der Waals surface area contributed by atoms with Crippen molar-refractivity contribution in [1.29, 1.82) is 0 Å². The van der Waals surface area contributed by atoms with Gasteiger partial charge in [-0.15, -0.1) is 0 Å². The topological polar surface area (TPSA) is 84.2 Å². The molecular formula is C10H11N3O2. The molecule has 1 unspecified atom stereocenters. The number of amides is 2. The van der Waals surface area contributed by atoms with E-state index in [0.29, 0.717) is 11.3 Å². The molecule has 0 saturated carbocycles. The van der Waals surface area contributed by atoms with Gasteiger partial charge in [0.05, 0.1) is 0 Å². The first-order chi connectivity index (χ1) is 7.15. The minimum Gasteiger partial charge on any atom is -0.325 e. The molecule has 0 aliphatic carbocycles. The summed E-state index contributed by atoms with van der Waals surface area (Å²) >= 11 is 0. The minimum absolute atomic E-state index is 0.331. The molecule has 78 valence electrons. The van der Waals surface area contributed by atoms with E-state index in [1.807, 2.05) is 24.5 Å². The normalized spacial score (nSPS) is 18.3. The fourth-order valence-electron chi connectivity index (χ4n) is 1.84. The van der Waals surface area contributed by atoms with Crippen LogP contribution in [-0.4, -0.2) is 11.8 Å². The van der Waals surface area contributed by atoms with Crippen molar-refractivity contribution in [3.8, 4) is 0 Å². The van der Waals surface area contributed by atoms with Gasteiger partial charge in [0.25, 0.3) is 5.91 Å². The van der Waals surface area contributed by atoms with E-state index in [4.69, 9.17) is 5.84 Å². The Balaban J connectivity index is 2.53. The number of carbonyl (C=O) groups excluding carboxylic acids is 2. The zero-order chi connectivity index (χ0) is 11.0. The van der Waals surface area contributed by atoms with Crippen LogP contribution in [0.15, 0.2) is 18.2 Å². The number of fused-ring (bicyclic) bond motifs is 1. The Morgan fingerprint density at radius 3 is 2.93 bits per heavy atom. The lowest BCUT2D eigenvalue weighted by atomic mass is 9.95. The average molecular weight is 205 g/mol. The molecule has 5 heteroatoms. The van der Waals surface area contributed by atoms with Gasteiger partial charge in [0.2, 0.25) is 5.91 Å². The maximum atomic E-state index is 11.6.